The van der Waals surface area contributed by atoms with E-state index in [1.54, 1.807) is 31.4 Å². The summed E-state index contributed by atoms with van der Waals surface area (Å²) in [4.78, 5) is 27.0. The maximum Gasteiger partial charge on any atom is 0.233 e. The number of methoxy groups -OCH3 is 1. The molecule has 0 radical (unpaired) electrons. The van der Waals surface area contributed by atoms with Crippen LogP contribution in [0.3, 0.4) is 0 Å². The highest BCUT2D eigenvalue weighted by Crippen LogP contribution is 2.24. The molecule has 0 bridgehead atoms. The highest BCUT2D eigenvalue weighted by Gasteiger charge is 2.28. The number of ketones is 1. The van der Waals surface area contributed by atoms with E-state index >= 15 is 0 Å². The number of benzene rings is 1. The number of nitrogens with two attached hydrogens (primary N) is 1. The molecule has 5 heteroatoms. The number of allylic oxidation sites excluding steroid dienone is 1. The van der Waals surface area contributed by atoms with Gasteiger partial charge < -0.3 is 10.5 Å². The Morgan fingerprint density at radius 1 is 1.33 bits per heavy atom. The monoisotopic (exact) mass is 244 g/mol. The molecule has 2 rings (SSSR count). The molecule has 0 aromatic heterocycles. The van der Waals surface area contributed by atoms with Crippen molar-refractivity contribution in [3.05, 3.63) is 36.0 Å². The number of carbonyl (C=O) groups excluding carboxylic acids is 2. The number of hydrogen-bond donors (Lipinski definition) is 1. The second-order valence-electron chi connectivity index (χ2n) is 3.81. The Morgan fingerprint density at radius 2 is 2.00 bits per heavy atom. The lowest BCUT2D eigenvalue weighted by Crippen LogP contribution is -2.33. The number of ether oxygens (including phenoxy) is 1. The van der Waals surface area contributed by atoms with Gasteiger partial charge in [-0.2, -0.15) is 0 Å². The normalized spacial score (nSPS) is 18.4. The smallest absolute Gasteiger partial charge is 0.233 e. The molecular formula is C13H12N2O3. The summed E-state index contributed by atoms with van der Waals surface area (Å²) in [5, 5.41) is 0. The van der Waals surface area contributed by atoms with Crippen LogP contribution in [-0.2, 0) is 9.59 Å². The topological polar surface area (TPSA) is 81.8 Å². The number of Topliss-reactive ketones (excluding diaryl/α,β-unsaturated/α-hetero) is 1. The van der Waals surface area contributed by atoms with Crippen molar-refractivity contribution in [2.75, 3.05) is 7.11 Å². The Labute approximate surface area is 104 Å². The fourth-order valence-electron chi connectivity index (χ4n) is 1.69. The van der Waals surface area contributed by atoms with Crippen molar-refractivity contribution in [3.63, 3.8) is 0 Å². The van der Waals surface area contributed by atoms with Gasteiger partial charge in [0.25, 0.3) is 0 Å². The molecule has 0 fully saturated rings. The standard InChI is InChI=1S/C13H12N2O3/c1-18-9-4-2-8(3-5-9)10-6-15-7-11(12(10)16)13(14)17/h2-7,11H,1H3,(H2,14,17). The van der Waals surface area contributed by atoms with Crippen LogP contribution >= 0.6 is 0 Å². The van der Waals surface area contributed by atoms with Crippen molar-refractivity contribution in [3.8, 4) is 5.75 Å². The van der Waals surface area contributed by atoms with Gasteiger partial charge >= 0.3 is 0 Å². The third kappa shape index (κ3) is 2.15. The van der Waals surface area contributed by atoms with Crippen molar-refractivity contribution >= 4 is 23.5 Å². The van der Waals surface area contributed by atoms with Gasteiger partial charge in [0.2, 0.25) is 5.91 Å². The van der Waals surface area contributed by atoms with Crippen LogP contribution in [0.4, 0.5) is 0 Å². The lowest BCUT2D eigenvalue weighted by Gasteiger charge is -2.14. The minimum Gasteiger partial charge on any atom is -0.497 e. The van der Waals surface area contributed by atoms with Gasteiger partial charge in [0.1, 0.15) is 11.7 Å². The van der Waals surface area contributed by atoms with Crippen LogP contribution in [0.1, 0.15) is 5.56 Å². The second-order valence-corrected chi connectivity index (χ2v) is 3.81. The summed E-state index contributed by atoms with van der Waals surface area (Å²) in [6.45, 7) is 0. The predicted molar refractivity (Wildman–Crippen MR) is 67.2 cm³/mol. The van der Waals surface area contributed by atoms with E-state index in [4.69, 9.17) is 10.5 Å². The number of hydrogen-bond acceptors (Lipinski definition) is 4. The summed E-state index contributed by atoms with van der Waals surface area (Å²) >= 11 is 0. The number of amides is 1. The molecule has 1 amide bonds. The fourth-order valence-corrected chi connectivity index (χ4v) is 1.69. The number of rotatable bonds is 3. The molecule has 1 atom stereocenters. The number of carbonyl (C=O) groups is 2. The number of aliphatic imine (C=N–C) groups is 1. The fraction of sp³-hybridized carbons (Fsp3) is 0.154. The quantitative estimate of drug-likeness (QED) is 0.798. The molecule has 92 valence electrons. The van der Waals surface area contributed by atoms with Crippen molar-refractivity contribution in [1.29, 1.82) is 0 Å². The SMILES string of the molecule is COc1ccc(C2=CN=CC(C(N)=O)C2=O)cc1. The van der Waals surface area contributed by atoms with Gasteiger partial charge in [0.05, 0.1) is 7.11 Å². The van der Waals surface area contributed by atoms with Gasteiger partial charge in [-0.1, -0.05) is 12.1 Å². The van der Waals surface area contributed by atoms with Crippen LogP contribution in [-0.4, -0.2) is 25.0 Å². The van der Waals surface area contributed by atoms with E-state index in [9.17, 15) is 9.59 Å². The van der Waals surface area contributed by atoms with E-state index in [1.165, 1.54) is 12.4 Å². The molecule has 0 saturated heterocycles. The van der Waals surface area contributed by atoms with Gasteiger partial charge in [0, 0.05) is 18.0 Å². The predicted octanol–water partition coefficient (Wildman–Crippen LogP) is 0.791. The molecule has 1 aromatic rings. The number of primary amides is 1. The Bertz CT molecular complexity index is 544. The third-order valence-electron chi connectivity index (χ3n) is 2.69. The zero-order valence-electron chi connectivity index (χ0n) is 9.79. The minimum absolute atomic E-state index is 0.331. The van der Waals surface area contributed by atoms with Crippen molar-refractivity contribution in [2.24, 2.45) is 16.6 Å². The van der Waals surface area contributed by atoms with E-state index in [-0.39, 0.29) is 5.78 Å². The van der Waals surface area contributed by atoms with Crippen LogP contribution in [0, 0.1) is 5.92 Å². The van der Waals surface area contributed by atoms with E-state index in [1.807, 2.05) is 0 Å². The van der Waals surface area contributed by atoms with Gasteiger partial charge in [-0.25, -0.2) is 0 Å². The average molecular weight is 244 g/mol. The Balaban J connectivity index is 2.32. The zero-order chi connectivity index (χ0) is 13.1. The number of nitrogens with zero attached hydrogens (tertiary/aromatic N) is 1. The van der Waals surface area contributed by atoms with E-state index < -0.39 is 11.8 Å². The lowest BCUT2D eigenvalue weighted by atomic mass is 9.92. The van der Waals surface area contributed by atoms with Crippen molar-refractivity contribution in [2.45, 2.75) is 0 Å². The summed E-state index contributed by atoms with van der Waals surface area (Å²) in [6, 6.07) is 6.95. The average Bonchev–Trinajstić information content (AvgIpc) is 2.39. The first-order chi connectivity index (χ1) is 8.63. The molecular weight excluding hydrogens is 232 g/mol. The summed E-state index contributed by atoms with van der Waals surface area (Å²) in [6.07, 6.45) is 2.70. The first-order valence-corrected chi connectivity index (χ1v) is 5.35. The van der Waals surface area contributed by atoms with Gasteiger partial charge in [-0.05, 0) is 17.7 Å². The van der Waals surface area contributed by atoms with Gasteiger partial charge in [-0.3, -0.25) is 14.6 Å². The first-order valence-electron chi connectivity index (χ1n) is 5.35. The molecule has 1 unspecified atom stereocenters. The highest BCUT2D eigenvalue weighted by molar-refractivity contribution is 6.33. The van der Waals surface area contributed by atoms with E-state index in [0.717, 1.165) is 0 Å². The molecule has 0 aliphatic carbocycles. The minimum atomic E-state index is -0.980. The molecule has 5 nitrogen and oxygen atoms in total. The molecule has 18 heavy (non-hydrogen) atoms. The Hall–Kier alpha value is -2.43. The first kappa shape index (κ1) is 12.0. The maximum atomic E-state index is 12.0. The van der Waals surface area contributed by atoms with Crippen molar-refractivity contribution in [1.82, 2.24) is 0 Å². The van der Waals surface area contributed by atoms with Crippen LogP contribution < -0.4 is 10.5 Å². The summed E-state index contributed by atoms with van der Waals surface area (Å²) in [7, 11) is 1.56. The Morgan fingerprint density at radius 3 is 2.56 bits per heavy atom. The maximum absolute atomic E-state index is 12.0. The molecule has 1 aliphatic rings. The molecule has 2 N–H and O–H groups in total. The Kier molecular flexibility index (Phi) is 3.23. The zero-order valence-corrected chi connectivity index (χ0v) is 9.79. The van der Waals surface area contributed by atoms with Crippen LogP contribution in [0.5, 0.6) is 5.75 Å². The lowest BCUT2D eigenvalue weighted by molar-refractivity contribution is -0.126. The second kappa shape index (κ2) is 4.83. The largest absolute Gasteiger partial charge is 0.497 e. The van der Waals surface area contributed by atoms with Crippen LogP contribution in [0.25, 0.3) is 5.57 Å². The molecule has 1 aromatic carbocycles. The van der Waals surface area contributed by atoms with E-state index in [2.05, 4.69) is 4.99 Å². The molecule has 0 spiro atoms. The third-order valence-corrected chi connectivity index (χ3v) is 2.69. The van der Waals surface area contributed by atoms with Gasteiger partial charge in [-0.15, -0.1) is 0 Å². The molecule has 1 aliphatic heterocycles. The molecule has 1 heterocycles. The highest BCUT2D eigenvalue weighted by atomic mass is 16.5. The van der Waals surface area contributed by atoms with Crippen molar-refractivity contribution < 1.29 is 14.3 Å². The van der Waals surface area contributed by atoms with E-state index in [0.29, 0.717) is 16.9 Å². The van der Waals surface area contributed by atoms with Gasteiger partial charge in [0.15, 0.2) is 5.78 Å². The van der Waals surface area contributed by atoms with Crippen LogP contribution in [0.15, 0.2) is 35.5 Å². The molecule has 0 saturated carbocycles. The summed E-state index contributed by atoms with van der Waals surface area (Å²) in [5.74, 6) is -1.31. The van der Waals surface area contributed by atoms with Crippen LogP contribution in [0.2, 0.25) is 0 Å². The summed E-state index contributed by atoms with van der Waals surface area (Å²) < 4.78 is 5.03. The summed E-state index contributed by atoms with van der Waals surface area (Å²) in [5.41, 5.74) is 6.21.